The summed E-state index contributed by atoms with van der Waals surface area (Å²) >= 11 is 1.51. The molecule has 6 nitrogen and oxygen atoms in total. The van der Waals surface area contributed by atoms with Gasteiger partial charge < -0.3 is 14.7 Å². The van der Waals surface area contributed by atoms with Gasteiger partial charge in [-0.3, -0.25) is 4.79 Å². The van der Waals surface area contributed by atoms with E-state index < -0.39 is 12.1 Å². The first kappa shape index (κ1) is 17.6. The third-order valence-electron chi connectivity index (χ3n) is 4.19. The number of hydrogen-bond donors (Lipinski definition) is 1. The minimum atomic E-state index is -1.04. The van der Waals surface area contributed by atoms with Crippen LogP contribution in [0, 0.1) is 0 Å². The average Bonchev–Trinajstić information content (AvgIpc) is 3.10. The fraction of sp³-hybridized carbons (Fsp3) is 0.389. The highest BCUT2D eigenvalue weighted by atomic mass is 32.1. The lowest BCUT2D eigenvalue weighted by molar-refractivity contribution is -0.159. The van der Waals surface area contributed by atoms with Crippen LogP contribution in [0.1, 0.15) is 18.2 Å². The van der Waals surface area contributed by atoms with Gasteiger partial charge in [-0.05, 0) is 12.0 Å². The number of aryl methyl sites for hydroxylation is 1. The van der Waals surface area contributed by atoms with Crippen LogP contribution in [-0.2, 0) is 27.2 Å². The summed E-state index contributed by atoms with van der Waals surface area (Å²) in [4.78, 5) is 29.5. The van der Waals surface area contributed by atoms with E-state index in [4.69, 9.17) is 9.84 Å². The first-order valence-corrected chi connectivity index (χ1v) is 9.10. The fourth-order valence-electron chi connectivity index (χ4n) is 2.70. The molecule has 0 aliphatic carbocycles. The highest BCUT2D eigenvalue weighted by Crippen LogP contribution is 2.24. The van der Waals surface area contributed by atoms with Gasteiger partial charge in [0.25, 0.3) is 0 Å². The van der Waals surface area contributed by atoms with E-state index in [1.807, 2.05) is 17.5 Å². The Morgan fingerprint density at radius 2 is 2.12 bits per heavy atom. The fourth-order valence-corrected chi connectivity index (χ4v) is 3.52. The summed E-state index contributed by atoms with van der Waals surface area (Å²) in [6.45, 7) is 2.86. The maximum Gasteiger partial charge on any atom is 0.334 e. The number of morpholine rings is 1. The van der Waals surface area contributed by atoms with Crippen molar-refractivity contribution in [3.8, 4) is 10.6 Å². The molecule has 0 saturated carbocycles. The molecule has 1 unspecified atom stereocenters. The second kappa shape index (κ2) is 7.76. The quantitative estimate of drug-likeness (QED) is 0.884. The number of benzene rings is 1. The van der Waals surface area contributed by atoms with Gasteiger partial charge in [0, 0.05) is 17.5 Å². The minimum absolute atomic E-state index is 0.0869. The van der Waals surface area contributed by atoms with E-state index in [1.54, 1.807) is 0 Å². The van der Waals surface area contributed by atoms with E-state index in [2.05, 4.69) is 24.0 Å². The van der Waals surface area contributed by atoms with Gasteiger partial charge in [0.2, 0.25) is 5.91 Å². The van der Waals surface area contributed by atoms with Crippen molar-refractivity contribution >= 4 is 23.2 Å². The molecule has 7 heteroatoms. The zero-order chi connectivity index (χ0) is 17.8. The van der Waals surface area contributed by atoms with Gasteiger partial charge in [0.1, 0.15) is 5.01 Å². The van der Waals surface area contributed by atoms with Crippen LogP contribution in [0.5, 0.6) is 0 Å². The van der Waals surface area contributed by atoms with Crippen LogP contribution in [0.2, 0.25) is 0 Å². The predicted octanol–water partition coefficient (Wildman–Crippen LogP) is 2.23. The lowest BCUT2D eigenvalue weighted by atomic mass is 10.1. The number of rotatable bonds is 5. The first-order chi connectivity index (χ1) is 12.1. The summed E-state index contributed by atoms with van der Waals surface area (Å²) in [6.07, 6.45) is 0.228. The number of hydrogen-bond acceptors (Lipinski definition) is 5. The number of aliphatic carboxylic acids is 1. The molecule has 0 bridgehead atoms. The van der Waals surface area contributed by atoms with Gasteiger partial charge in [-0.2, -0.15) is 0 Å². The molecule has 0 spiro atoms. The maximum atomic E-state index is 12.4. The molecule has 1 atom stereocenters. The maximum absolute atomic E-state index is 12.4. The number of carbonyl (C=O) groups excluding carboxylic acids is 1. The van der Waals surface area contributed by atoms with Gasteiger partial charge in [-0.1, -0.05) is 31.2 Å². The van der Waals surface area contributed by atoms with Crippen LogP contribution in [0.3, 0.4) is 0 Å². The molecule has 1 aromatic carbocycles. The van der Waals surface area contributed by atoms with Gasteiger partial charge in [0.05, 0.1) is 25.3 Å². The Bertz CT molecular complexity index is 757. The summed E-state index contributed by atoms with van der Waals surface area (Å²) in [6, 6.07) is 8.26. The minimum Gasteiger partial charge on any atom is -0.479 e. The van der Waals surface area contributed by atoms with Crippen molar-refractivity contribution in [1.82, 2.24) is 9.88 Å². The summed E-state index contributed by atoms with van der Waals surface area (Å²) in [5.41, 5.74) is 3.03. The monoisotopic (exact) mass is 360 g/mol. The number of aromatic nitrogens is 1. The molecule has 132 valence electrons. The summed E-state index contributed by atoms with van der Waals surface area (Å²) in [5, 5.41) is 11.8. The molecule has 1 saturated heterocycles. The van der Waals surface area contributed by atoms with Gasteiger partial charge in [0.15, 0.2) is 6.10 Å². The third-order valence-corrected chi connectivity index (χ3v) is 5.13. The number of carboxylic acids is 1. The van der Waals surface area contributed by atoms with Crippen molar-refractivity contribution in [1.29, 1.82) is 0 Å². The van der Waals surface area contributed by atoms with Crippen molar-refractivity contribution in [3.63, 3.8) is 0 Å². The number of nitrogens with zero attached hydrogens (tertiary/aromatic N) is 2. The lowest BCUT2D eigenvalue weighted by Crippen LogP contribution is -2.49. The van der Waals surface area contributed by atoms with Crippen LogP contribution in [0.25, 0.3) is 10.6 Å². The molecule has 1 aliphatic rings. The number of carboxylic acid groups (broad SMARTS) is 1. The number of carbonyl (C=O) groups is 2. The molecule has 1 aliphatic heterocycles. The van der Waals surface area contributed by atoms with Crippen LogP contribution >= 0.6 is 11.3 Å². The first-order valence-electron chi connectivity index (χ1n) is 8.22. The standard InChI is InChI=1S/C18H20N2O4S/c1-2-12-3-5-13(6-4-12)17-19-14(11-25-17)9-16(21)20-7-8-24-15(10-20)18(22)23/h3-6,11,15H,2,7-10H2,1H3,(H,22,23). The topological polar surface area (TPSA) is 79.7 Å². The second-order valence-corrected chi connectivity index (χ2v) is 6.77. The Morgan fingerprint density at radius 3 is 2.80 bits per heavy atom. The Balaban J connectivity index is 1.64. The second-order valence-electron chi connectivity index (χ2n) is 5.91. The Hall–Kier alpha value is -2.25. The van der Waals surface area contributed by atoms with E-state index in [-0.39, 0.29) is 25.5 Å². The SMILES string of the molecule is CCc1ccc(-c2nc(CC(=O)N3CCOC(C(=O)O)C3)cs2)cc1. The highest BCUT2D eigenvalue weighted by Gasteiger charge is 2.29. The van der Waals surface area contributed by atoms with E-state index in [0.29, 0.717) is 12.2 Å². The lowest BCUT2D eigenvalue weighted by Gasteiger charge is -2.30. The molecule has 0 radical (unpaired) electrons. The van der Waals surface area contributed by atoms with Gasteiger partial charge in [-0.25, -0.2) is 9.78 Å². The molecule has 2 heterocycles. The van der Waals surface area contributed by atoms with Crippen molar-refractivity contribution in [3.05, 3.63) is 40.9 Å². The molecule has 1 amide bonds. The normalized spacial score (nSPS) is 17.5. The van der Waals surface area contributed by atoms with Gasteiger partial charge >= 0.3 is 5.97 Å². The van der Waals surface area contributed by atoms with Crippen LogP contribution in [-0.4, -0.2) is 52.7 Å². The third kappa shape index (κ3) is 4.24. The zero-order valence-corrected chi connectivity index (χ0v) is 14.8. The molecule has 1 N–H and O–H groups in total. The van der Waals surface area contributed by atoms with E-state index in [9.17, 15) is 9.59 Å². The number of ether oxygens (including phenoxy) is 1. The van der Waals surface area contributed by atoms with Crippen LogP contribution in [0.4, 0.5) is 0 Å². The smallest absolute Gasteiger partial charge is 0.334 e. The predicted molar refractivity (Wildman–Crippen MR) is 94.6 cm³/mol. The van der Waals surface area contributed by atoms with Crippen molar-refractivity contribution in [2.45, 2.75) is 25.9 Å². The summed E-state index contributed by atoms with van der Waals surface area (Å²) < 4.78 is 5.14. The number of amides is 1. The molecule has 3 rings (SSSR count). The highest BCUT2D eigenvalue weighted by molar-refractivity contribution is 7.13. The van der Waals surface area contributed by atoms with Crippen LogP contribution in [0.15, 0.2) is 29.6 Å². The van der Waals surface area contributed by atoms with E-state index in [1.165, 1.54) is 21.8 Å². The molecule has 25 heavy (non-hydrogen) atoms. The molecule has 1 aromatic heterocycles. The Labute approximate surface area is 150 Å². The summed E-state index contributed by atoms with van der Waals surface area (Å²) in [7, 11) is 0. The zero-order valence-electron chi connectivity index (χ0n) is 14.0. The van der Waals surface area contributed by atoms with Crippen LogP contribution < -0.4 is 0 Å². The number of thiazole rings is 1. The average molecular weight is 360 g/mol. The molecule has 1 fully saturated rings. The molecule has 2 aromatic rings. The molecular formula is C18H20N2O4S. The Morgan fingerprint density at radius 1 is 1.36 bits per heavy atom. The van der Waals surface area contributed by atoms with Gasteiger partial charge in [-0.15, -0.1) is 11.3 Å². The van der Waals surface area contributed by atoms with Crippen molar-refractivity contribution in [2.75, 3.05) is 19.7 Å². The Kier molecular flexibility index (Phi) is 5.45. The van der Waals surface area contributed by atoms with E-state index >= 15 is 0 Å². The van der Waals surface area contributed by atoms with Crippen molar-refractivity contribution in [2.24, 2.45) is 0 Å². The van der Waals surface area contributed by atoms with E-state index in [0.717, 1.165) is 17.0 Å². The van der Waals surface area contributed by atoms with Crippen molar-refractivity contribution < 1.29 is 19.4 Å². The molecular weight excluding hydrogens is 340 g/mol. The largest absolute Gasteiger partial charge is 0.479 e. The summed E-state index contributed by atoms with van der Waals surface area (Å²) in [5.74, 6) is -1.16.